The molecule has 88 valence electrons. The van der Waals surface area contributed by atoms with Crippen LogP contribution >= 0.6 is 11.6 Å². The lowest BCUT2D eigenvalue weighted by Crippen LogP contribution is -2.22. The van der Waals surface area contributed by atoms with E-state index < -0.39 is 0 Å². The molecule has 0 amide bonds. The number of nitrogens with zero attached hydrogens (tertiary/aromatic N) is 1. The van der Waals surface area contributed by atoms with Crippen LogP contribution in [0.2, 0.25) is 5.02 Å². The van der Waals surface area contributed by atoms with Gasteiger partial charge in [-0.2, -0.15) is 0 Å². The fourth-order valence-corrected chi connectivity index (χ4v) is 2.39. The smallest absolute Gasteiger partial charge is 0.0802 e. The van der Waals surface area contributed by atoms with E-state index in [1.54, 1.807) is 0 Å². The molecule has 0 aromatic heterocycles. The second kappa shape index (κ2) is 5.67. The van der Waals surface area contributed by atoms with Crippen LogP contribution in [0.15, 0.2) is 24.3 Å². The monoisotopic (exact) mass is 239 g/mol. The highest BCUT2D eigenvalue weighted by Crippen LogP contribution is 2.21. The zero-order valence-corrected chi connectivity index (χ0v) is 10.2. The number of halogens is 1. The van der Waals surface area contributed by atoms with Gasteiger partial charge in [-0.25, -0.2) is 0 Å². The third kappa shape index (κ3) is 3.21. The summed E-state index contributed by atoms with van der Waals surface area (Å²) < 4.78 is 0. The molecule has 0 spiro atoms. The molecule has 3 heteroatoms. The van der Waals surface area contributed by atoms with Crippen LogP contribution in [0.25, 0.3) is 0 Å². The van der Waals surface area contributed by atoms with Crippen molar-refractivity contribution in [3.05, 3.63) is 34.9 Å². The molecule has 1 heterocycles. The summed E-state index contributed by atoms with van der Waals surface area (Å²) in [7, 11) is 0. The minimum atomic E-state index is -0.390. The quantitative estimate of drug-likeness (QED) is 0.874. The number of hydrogen-bond donors (Lipinski definition) is 1. The molecule has 0 saturated carbocycles. The van der Waals surface area contributed by atoms with Crippen molar-refractivity contribution in [1.29, 1.82) is 0 Å². The van der Waals surface area contributed by atoms with E-state index in [0.29, 0.717) is 5.02 Å². The highest BCUT2D eigenvalue weighted by atomic mass is 35.5. The van der Waals surface area contributed by atoms with Crippen molar-refractivity contribution >= 4 is 11.6 Å². The normalized spacial score (nSPS) is 18.9. The van der Waals surface area contributed by atoms with Crippen LogP contribution in [0.1, 0.15) is 30.9 Å². The van der Waals surface area contributed by atoms with E-state index in [2.05, 4.69) is 4.90 Å². The Balaban J connectivity index is 1.85. The Morgan fingerprint density at radius 2 is 2.06 bits per heavy atom. The molecular formula is C13H18ClNO. The molecule has 1 fully saturated rings. The molecule has 0 radical (unpaired) electrons. The maximum Gasteiger partial charge on any atom is 0.0802 e. The summed E-state index contributed by atoms with van der Waals surface area (Å²) in [5, 5.41) is 10.7. The number of rotatable bonds is 4. The summed E-state index contributed by atoms with van der Waals surface area (Å²) in [6.45, 7) is 3.35. The highest BCUT2D eigenvalue weighted by Gasteiger charge is 2.14. The first-order chi connectivity index (χ1) is 7.75. The summed E-state index contributed by atoms with van der Waals surface area (Å²) >= 11 is 5.89. The summed E-state index contributed by atoms with van der Waals surface area (Å²) in [6, 6.07) is 7.49. The molecule has 1 aromatic rings. The number of aliphatic hydroxyl groups is 1. The average molecular weight is 240 g/mol. The molecular weight excluding hydrogens is 222 g/mol. The van der Waals surface area contributed by atoms with Crippen LogP contribution in [-0.4, -0.2) is 29.6 Å². The van der Waals surface area contributed by atoms with Crippen LogP contribution in [0.3, 0.4) is 0 Å². The SMILES string of the molecule is OC(CCN1CCCC1)c1cccc(Cl)c1. The Morgan fingerprint density at radius 1 is 1.31 bits per heavy atom. The van der Waals surface area contributed by atoms with E-state index in [1.165, 1.54) is 25.9 Å². The number of benzene rings is 1. The number of aliphatic hydroxyl groups excluding tert-OH is 1. The van der Waals surface area contributed by atoms with Gasteiger partial charge in [0.05, 0.1) is 6.10 Å². The topological polar surface area (TPSA) is 23.5 Å². The van der Waals surface area contributed by atoms with Gasteiger partial charge in [-0.3, -0.25) is 0 Å². The van der Waals surface area contributed by atoms with Gasteiger partial charge < -0.3 is 10.0 Å². The molecule has 0 aliphatic carbocycles. The highest BCUT2D eigenvalue weighted by molar-refractivity contribution is 6.30. The standard InChI is InChI=1S/C13H18ClNO/c14-12-5-3-4-11(10-12)13(16)6-9-15-7-1-2-8-15/h3-5,10,13,16H,1-2,6-9H2. The van der Waals surface area contributed by atoms with E-state index in [-0.39, 0.29) is 6.10 Å². The number of likely N-dealkylation sites (tertiary alicyclic amines) is 1. The molecule has 16 heavy (non-hydrogen) atoms. The third-order valence-corrected chi connectivity index (χ3v) is 3.39. The second-order valence-electron chi connectivity index (χ2n) is 4.41. The first-order valence-electron chi connectivity index (χ1n) is 5.91. The molecule has 1 aromatic carbocycles. The van der Waals surface area contributed by atoms with Gasteiger partial charge in [0, 0.05) is 11.6 Å². The molecule has 1 atom stereocenters. The van der Waals surface area contributed by atoms with E-state index in [4.69, 9.17) is 11.6 Å². The lowest BCUT2D eigenvalue weighted by molar-refractivity contribution is 0.149. The van der Waals surface area contributed by atoms with Crippen LogP contribution in [-0.2, 0) is 0 Å². The Kier molecular flexibility index (Phi) is 4.22. The van der Waals surface area contributed by atoms with Gasteiger partial charge >= 0.3 is 0 Å². The summed E-state index contributed by atoms with van der Waals surface area (Å²) in [5.74, 6) is 0. The van der Waals surface area contributed by atoms with Gasteiger partial charge in [-0.05, 0) is 50.0 Å². The van der Waals surface area contributed by atoms with Gasteiger partial charge in [0.25, 0.3) is 0 Å². The van der Waals surface area contributed by atoms with Crippen molar-refractivity contribution in [2.45, 2.75) is 25.4 Å². The predicted octanol–water partition coefficient (Wildman–Crippen LogP) is 2.86. The van der Waals surface area contributed by atoms with E-state index in [9.17, 15) is 5.11 Å². The number of hydrogen-bond acceptors (Lipinski definition) is 2. The molecule has 0 bridgehead atoms. The first-order valence-corrected chi connectivity index (χ1v) is 6.29. The Morgan fingerprint density at radius 3 is 2.75 bits per heavy atom. The van der Waals surface area contributed by atoms with Crippen molar-refractivity contribution < 1.29 is 5.11 Å². The lowest BCUT2D eigenvalue weighted by atomic mass is 10.1. The summed E-state index contributed by atoms with van der Waals surface area (Å²) in [5.41, 5.74) is 0.923. The van der Waals surface area contributed by atoms with E-state index in [0.717, 1.165) is 18.5 Å². The van der Waals surface area contributed by atoms with Gasteiger partial charge in [0.2, 0.25) is 0 Å². The summed E-state index contributed by atoms with van der Waals surface area (Å²) in [6.07, 6.45) is 3.00. The van der Waals surface area contributed by atoms with Crippen LogP contribution in [0.5, 0.6) is 0 Å². The fourth-order valence-electron chi connectivity index (χ4n) is 2.19. The van der Waals surface area contributed by atoms with Crippen LogP contribution in [0, 0.1) is 0 Å². The average Bonchev–Trinajstić information content (AvgIpc) is 2.78. The fraction of sp³-hybridized carbons (Fsp3) is 0.538. The zero-order valence-electron chi connectivity index (χ0n) is 9.40. The lowest BCUT2D eigenvalue weighted by Gasteiger charge is -2.17. The molecule has 1 unspecified atom stereocenters. The molecule has 1 aliphatic rings. The minimum Gasteiger partial charge on any atom is -0.388 e. The van der Waals surface area contributed by atoms with Crippen LogP contribution < -0.4 is 0 Å². The maximum atomic E-state index is 10.0. The third-order valence-electron chi connectivity index (χ3n) is 3.15. The molecule has 2 nitrogen and oxygen atoms in total. The van der Waals surface area contributed by atoms with Gasteiger partial charge in [-0.15, -0.1) is 0 Å². The zero-order chi connectivity index (χ0) is 11.4. The van der Waals surface area contributed by atoms with Crippen molar-refractivity contribution in [2.24, 2.45) is 0 Å². The largest absolute Gasteiger partial charge is 0.388 e. The second-order valence-corrected chi connectivity index (χ2v) is 4.84. The Hall–Kier alpha value is -0.570. The molecule has 1 saturated heterocycles. The minimum absolute atomic E-state index is 0.390. The van der Waals surface area contributed by atoms with Crippen molar-refractivity contribution in [1.82, 2.24) is 4.90 Å². The van der Waals surface area contributed by atoms with Crippen LogP contribution in [0.4, 0.5) is 0 Å². The van der Waals surface area contributed by atoms with Gasteiger partial charge in [0.15, 0.2) is 0 Å². The van der Waals surface area contributed by atoms with E-state index >= 15 is 0 Å². The van der Waals surface area contributed by atoms with Gasteiger partial charge in [-0.1, -0.05) is 23.7 Å². The molecule has 2 rings (SSSR count). The first kappa shape index (κ1) is 11.9. The molecule has 1 aliphatic heterocycles. The Bertz CT molecular complexity index is 336. The van der Waals surface area contributed by atoms with Crippen molar-refractivity contribution in [3.8, 4) is 0 Å². The van der Waals surface area contributed by atoms with Gasteiger partial charge in [0.1, 0.15) is 0 Å². The summed E-state index contributed by atoms with van der Waals surface area (Å²) in [4.78, 5) is 2.41. The van der Waals surface area contributed by atoms with E-state index in [1.807, 2.05) is 24.3 Å². The molecule has 1 N–H and O–H groups in total. The Labute approximate surface area is 102 Å². The van der Waals surface area contributed by atoms with Crippen molar-refractivity contribution in [3.63, 3.8) is 0 Å². The maximum absolute atomic E-state index is 10.0. The van der Waals surface area contributed by atoms with Crippen molar-refractivity contribution in [2.75, 3.05) is 19.6 Å². The predicted molar refractivity (Wildman–Crippen MR) is 66.7 cm³/mol.